The largest absolute Gasteiger partial charge is 0.332 e. The summed E-state index contributed by atoms with van der Waals surface area (Å²) in [6.07, 6.45) is 0. The van der Waals surface area contributed by atoms with E-state index in [0.29, 0.717) is 0 Å². The summed E-state index contributed by atoms with van der Waals surface area (Å²) >= 11 is 1.45. The topological polar surface area (TPSA) is 24.9 Å². The minimum Gasteiger partial charge on any atom is -0.332 e. The second kappa shape index (κ2) is 4.63. The maximum absolute atomic E-state index is 13.1. The van der Waals surface area contributed by atoms with E-state index in [4.69, 9.17) is 0 Å². The first-order valence-electron chi connectivity index (χ1n) is 6.02. The minimum atomic E-state index is -0.228. The first-order valence-corrected chi connectivity index (χ1v) is 6.84. The predicted molar refractivity (Wildman–Crippen MR) is 78.8 cm³/mol. The highest BCUT2D eigenvalue weighted by atomic mass is 32.1. The van der Waals surface area contributed by atoms with E-state index in [9.17, 15) is 4.39 Å². The molecule has 0 fully saturated rings. The van der Waals surface area contributed by atoms with Crippen LogP contribution in [0.4, 0.5) is 15.2 Å². The molecule has 0 aliphatic carbocycles. The van der Waals surface area contributed by atoms with Crippen LogP contribution >= 0.6 is 11.3 Å². The number of thiazole rings is 1. The number of benzene rings is 2. The summed E-state index contributed by atoms with van der Waals surface area (Å²) in [5.41, 5.74) is 4.31. The Kier molecular flexibility index (Phi) is 2.95. The van der Waals surface area contributed by atoms with Gasteiger partial charge in [0.2, 0.25) is 0 Å². The number of aryl methyl sites for hydroxylation is 2. The normalized spacial score (nSPS) is 10.9. The molecular weight excluding hydrogens is 259 g/mol. The molecular formula is C15H13FN2S. The van der Waals surface area contributed by atoms with E-state index in [-0.39, 0.29) is 5.82 Å². The number of rotatable bonds is 2. The van der Waals surface area contributed by atoms with Gasteiger partial charge in [-0.3, -0.25) is 0 Å². The summed E-state index contributed by atoms with van der Waals surface area (Å²) in [7, 11) is 0. The smallest absolute Gasteiger partial charge is 0.188 e. The number of hydrogen-bond acceptors (Lipinski definition) is 3. The molecule has 0 bridgehead atoms. The fourth-order valence-corrected chi connectivity index (χ4v) is 2.81. The Morgan fingerprint density at radius 2 is 1.89 bits per heavy atom. The van der Waals surface area contributed by atoms with Crippen molar-refractivity contribution in [3.63, 3.8) is 0 Å². The van der Waals surface area contributed by atoms with E-state index in [1.807, 2.05) is 6.07 Å². The molecule has 0 spiro atoms. The number of nitrogens with zero attached hydrogens (tertiary/aromatic N) is 1. The molecule has 19 heavy (non-hydrogen) atoms. The fourth-order valence-electron chi connectivity index (χ4n) is 1.89. The molecule has 1 heterocycles. The Hall–Kier alpha value is -1.94. The molecule has 0 radical (unpaired) electrons. The molecule has 0 saturated heterocycles. The van der Waals surface area contributed by atoms with Crippen LogP contribution in [-0.2, 0) is 0 Å². The van der Waals surface area contributed by atoms with Gasteiger partial charge in [0.25, 0.3) is 0 Å². The van der Waals surface area contributed by atoms with Gasteiger partial charge in [-0.1, -0.05) is 17.4 Å². The molecule has 3 rings (SSSR count). The maximum Gasteiger partial charge on any atom is 0.188 e. The van der Waals surface area contributed by atoms with E-state index in [1.165, 1.54) is 34.6 Å². The Morgan fingerprint density at radius 1 is 1.05 bits per heavy atom. The van der Waals surface area contributed by atoms with Crippen LogP contribution in [0.1, 0.15) is 11.1 Å². The predicted octanol–water partition coefficient (Wildman–Crippen LogP) is 4.80. The third-order valence-corrected chi connectivity index (χ3v) is 4.04. The zero-order valence-corrected chi connectivity index (χ0v) is 11.5. The van der Waals surface area contributed by atoms with Crippen LogP contribution < -0.4 is 5.32 Å². The maximum atomic E-state index is 13.1. The monoisotopic (exact) mass is 272 g/mol. The van der Waals surface area contributed by atoms with Crippen molar-refractivity contribution in [1.82, 2.24) is 4.98 Å². The third kappa shape index (κ3) is 2.44. The van der Waals surface area contributed by atoms with Crippen LogP contribution in [0.5, 0.6) is 0 Å². The molecule has 2 aromatic carbocycles. The van der Waals surface area contributed by atoms with Gasteiger partial charge in [0.1, 0.15) is 5.82 Å². The van der Waals surface area contributed by atoms with Gasteiger partial charge in [-0.2, -0.15) is 0 Å². The van der Waals surface area contributed by atoms with Crippen molar-refractivity contribution in [3.05, 3.63) is 53.3 Å². The van der Waals surface area contributed by atoms with Gasteiger partial charge in [-0.25, -0.2) is 9.37 Å². The second-order valence-corrected chi connectivity index (χ2v) is 5.59. The number of anilines is 2. The number of aromatic nitrogens is 1. The van der Waals surface area contributed by atoms with Crippen molar-refractivity contribution < 1.29 is 4.39 Å². The lowest BCUT2D eigenvalue weighted by atomic mass is 10.1. The van der Waals surface area contributed by atoms with E-state index >= 15 is 0 Å². The highest BCUT2D eigenvalue weighted by Gasteiger charge is 2.05. The van der Waals surface area contributed by atoms with Crippen molar-refractivity contribution in [2.75, 3.05) is 5.32 Å². The lowest BCUT2D eigenvalue weighted by Gasteiger charge is -2.05. The van der Waals surface area contributed by atoms with Crippen molar-refractivity contribution in [3.8, 4) is 0 Å². The van der Waals surface area contributed by atoms with E-state index in [1.54, 1.807) is 6.07 Å². The molecule has 3 aromatic rings. The van der Waals surface area contributed by atoms with Crippen LogP contribution in [0, 0.1) is 19.7 Å². The van der Waals surface area contributed by atoms with Crippen LogP contribution in [0.15, 0.2) is 36.4 Å². The average molecular weight is 272 g/mol. The third-order valence-electron chi connectivity index (χ3n) is 3.11. The molecule has 0 aliphatic heterocycles. The first-order chi connectivity index (χ1) is 9.11. The highest BCUT2D eigenvalue weighted by Crippen LogP contribution is 2.29. The van der Waals surface area contributed by atoms with Crippen LogP contribution in [0.2, 0.25) is 0 Å². The highest BCUT2D eigenvalue weighted by molar-refractivity contribution is 7.22. The molecule has 1 N–H and O–H groups in total. The SMILES string of the molecule is Cc1ccc(Nc2nc3ccc(F)cc3s2)cc1C. The Morgan fingerprint density at radius 3 is 2.68 bits per heavy atom. The number of halogens is 1. The molecule has 0 amide bonds. The van der Waals surface area contributed by atoms with E-state index in [0.717, 1.165) is 21.0 Å². The Bertz CT molecular complexity index is 749. The lowest BCUT2D eigenvalue weighted by molar-refractivity contribution is 0.630. The van der Waals surface area contributed by atoms with Crippen molar-refractivity contribution >= 4 is 32.4 Å². The summed E-state index contributed by atoms with van der Waals surface area (Å²) in [4.78, 5) is 4.44. The van der Waals surface area contributed by atoms with Gasteiger partial charge in [-0.05, 0) is 55.3 Å². The standard InChI is InChI=1S/C15H13FN2S/c1-9-3-5-12(7-10(9)2)17-15-18-13-6-4-11(16)8-14(13)19-15/h3-8H,1-2H3,(H,17,18). The van der Waals surface area contributed by atoms with Gasteiger partial charge >= 0.3 is 0 Å². The molecule has 0 unspecified atom stereocenters. The van der Waals surface area contributed by atoms with Gasteiger partial charge in [0.15, 0.2) is 5.13 Å². The number of hydrogen-bond donors (Lipinski definition) is 1. The first kappa shape index (κ1) is 12.1. The zero-order chi connectivity index (χ0) is 13.4. The minimum absolute atomic E-state index is 0.228. The lowest BCUT2D eigenvalue weighted by Crippen LogP contribution is -1.90. The molecule has 0 aliphatic rings. The van der Waals surface area contributed by atoms with Crippen molar-refractivity contribution in [1.29, 1.82) is 0 Å². The van der Waals surface area contributed by atoms with Crippen molar-refractivity contribution in [2.24, 2.45) is 0 Å². The summed E-state index contributed by atoms with van der Waals surface area (Å²) in [6.45, 7) is 4.16. The van der Waals surface area contributed by atoms with Crippen LogP contribution in [0.3, 0.4) is 0 Å². The van der Waals surface area contributed by atoms with Gasteiger partial charge in [0.05, 0.1) is 10.2 Å². The summed E-state index contributed by atoms with van der Waals surface area (Å²) < 4.78 is 14.0. The van der Waals surface area contributed by atoms with Crippen LogP contribution in [-0.4, -0.2) is 4.98 Å². The Balaban J connectivity index is 1.94. The number of fused-ring (bicyclic) bond motifs is 1. The zero-order valence-electron chi connectivity index (χ0n) is 10.7. The molecule has 0 atom stereocenters. The van der Waals surface area contributed by atoms with E-state index in [2.05, 4.69) is 36.3 Å². The van der Waals surface area contributed by atoms with Crippen LogP contribution in [0.25, 0.3) is 10.2 Å². The molecule has 1 aromatic heterocycles. The van der Waals surface area contributed by atoms with Gasteiger partial charge in [0, 0.05) is 5.69 Å². The molecule has 96 valence electrons. The quantitative estimate of drug-likeness (QED) is 0.725. The molecule has 0 saturated carbocycles. The van der Waals surface area contributed by atoms with Crippen molar-refractivity contribution in [2.45, 2.75) is 13.8 Å². The molecule has 2 nitrogen and oxygen atoms in total. The summed E-state index contributed by atoms with van der Waals surface area (Å²) in [5.74, 6) is -0.228. The van der Waals surface area contributed by atoms with Gasteiger partial charge in [-0.15, -0.1) is 0 Å². The summed E-state index contributed by atoms with van der Waals surface area (Å²) in [6, 6.07) is 10.8. The van der Waals surface area contributed by atoms with Gasteiger partial charge < -0.3 is 5.32 Å². The Labute approximate surface area is 114 Å². The average Bonchev–Trinajstić information content (AvgIpc) is 2.75. The summed E-state index contributed by atoms with van der Waals surface area (Å²) in [5, 5.41) is 4.05. The number of nitrogens with one attached hydrogen (secondary N) is 1. The fraction of sp³-hybridized carbons (Fsp3) is 0.133. The molecule has 4 heteroatoms. The van der Waals surface area contributed by atoms with E-state index < -0.39 is 0 Å². The second-order valence-electron chi connectivity index (χ2n) is 4.56.